The number of anilines is 2. The Labute approximate surface area is 204 Å². The lowest BCUT2D eigenvalue weighted by Crippen LogP contribution is -2.33. The van der Waals surface area contributed by atoms with Gasteiger partial charge in [0.1, 0.15) is 5.75 Å². The summed E-state index contributed by atoms with van der Waals surface area (Å²) in [5.41, 5.74) is 2.84. The smallest absolute Gasteiger partial charge is 0.232 e. The van der Waals surface area contributed by atoms with Gasteiger partial charge in [0.15, 0.2) is 0 Å². The van der Waals surface area contributed by atoms with Crippen molar-refractivity contribution in [2.24, 2.45) is 5.92 Å². The summed E-state index contributed by atoms with van der Waals surface area (Å²) >= 11 is 0. The number of rotatable bonds is 10. The minimum absolute atomic E-state index is 0.0928. The fourth-order valence-electron chi connectivity index (χ4n) is 4.26. The molecule has 1 N–H and O–H groups in total. The van der Waals surface area contributed by atoms with E-state index >= 15 is 0 Å². The number of benzene rings is 2. The van der Waals surface area contributed by atoms with E-state index in [2.05, 4.69) is 41.4 Å². The highest BCUT2D eigenvalue weighted by Crippen LogP contribution is 2.25. The van der Waals surface area contributed by atoms with Gasteiger partial charge in [-0.3, -0.25) is 9.10 Å². The summed E-state index contributed by atoms with van der Waals surface area (Å²) in [5, 5.41) is 3.03. The number of methoxy groups -OCH3 is 1. The zero-order valence-corrected chi connectivity index (χ0v) is 21.5. The van der Waals surface area contributed by atoms with Gasteiger partial charge in [-0.1, -0.05) is 19.1 Å². The molecule has 0 aliphatic carbocycles. The molecule has 1 atom stereocenters. The third-order valence-corrected chi connectivity index (χ3v) is 7.64. The molecular formula is C26H37N3O4S. The summed E-state index contributed by atoms with van der Waals surface area (Å²) in [5.74, 6) is 1.36. The first-order valence-electron chi connectivity index (χ1n) is 11.9. The van der Waals surface area contributed by atoms with Crippen LogP contribution in [0.3, 0.4) is 0 Å². The second-order valence-corrected chi connectivity index (χ2v) is 11.1. The van der Waals surface area contributed by atoms with E-state index in [1.807, 2.05) is 6.92 Å². The van der Waals surface area contributed by atoms with Gasteiger partial charge in [0, 0.05) is 31.7 Å². The van der Waals surface area contributed by atoms with Crippen LogP contribution in [0, 0.1) is 5.92 Å². The highest BCUT2D eigenvalue weighted by molar-refractivity contribution is 7.92. The standard InChI is InChI=1S/C26H37N3O4S/c1-20-15-18-28(19-16-20)23-9-7-22(8-10-23)21(2)27-26(30)6-5-17-29(34(4,31)32)24-11-13-25(33-3)14-12-24/h7-14,20-21H,5-6,15-19H2,1-4H3,(H,27,30). The summed E-state index contributed by atoms with van der Waals surface area (Å²) in [7, 11) is -1.90. The molecule has 7 nitrogen and oxygen atoms in total. The number of amides is 1. The number of sulfonamides is 1. The van der Waals surface area contributed by atoms with Crippen molar-refractivity contribution in [2.75, 3.05) is 42.2 Å². The Balaban J connectivity index is 1.50. The first-order valence-corrected chi connectivity index (χ1v) is 13.8. The zero-order valence-electron chi connectivity index (χ0n) is 20.7. The van der Waals surface area contributed by atoms with Gasteiger partial charge in [0.05, 0.1) is 25.1 Å². The van der Waals surface area contributed by atoms with E-state index in [1.165, 1.54) is 29.1 Å². The molecule has 0 saturated carbocycles. The number of nitrogens with one attached hydrogen (secondary N) is 1. The van der Waals surface area contributed by atoms with Crippen molar-refractivity contribution in [2.45, 2.75) is 45.6 Å². The second kappa shape index (κ2) is 11.6. The molecule has 0 aromatic heterocycles. The summed E-state index contributed by atoms with van der Waals surface area (Å²) in [6.45, 7) is 6.69. The van der Waals surface area contributed by atoms with E-state index in [0.29, 0.717) is 17.9 Å². The topological polar surface area (TPSA) is 79.0 Å². The van der Waals surface area contributed by atoms with Gasteiger partial charge >= 0.3 is 0 Å². The van der Waals surface area contributed by atoms with Gasteiger partial charge in [-0.05, 0) is 74.1 Å². The predicted molar refractivity (Wildman–Crippen MR) is 138 cm³/mol. The second-order valence-electron chi connectivity index (χ2n) is 9.19. The molecule has 3 rings (SSSR count). The van der Waals surface area contributed by atoms with Crippen molar-refractivity contribution in [3.05, 3.63) is 54.1 Å². The largest absolute Gasteiger partial charge is 0.497 e. The summed E-state index contributed by atoms with van der Waals surface area (Å²) < 4.78 is 31.0. The molecule has 1 aliphatic heterocycles. The highest BCUT2D eigenvalue weighted by atomic mass is 32.2. The van der Waals surface area contributed by atoms with Crippen molar-refractivity contribution >= 4 is 27.3 Å². The van der Waals surface area contributed by atoms with E-state index in [0.717, 1.165) is 24.6 Å². The van der Waals surface area contributed by atoms with E-state index in [-0.39, 0.29) is 24.9 Å². The molecule has 0 radical (unpaired) electrons. The maximum Gasteiger partial charge on any atom is 0.232 e. The maximum atomic E-state index is 12.5. The van der Waals surface area contributed by atoms with Gasteiger partial charge in [0.25, 0.3) is 0 Å². The van der Waals surface area contributed by atoms with Crippen molar-refractivity contribution in [3.8, 4) is 5.75 Å². The Bertz CT molecular complexity index is 1030. The predicted octanol–water partition coefficient (Wildman–Crippen LogP) is 4.36. The molecule has 8 heteroatoms. The number of hydrogen-bond acceptors (Lipinski definition) is 5. The van der Waals surface area contributed by atoms with Crippen molar-refractivity contribution in [1.82, 2.24) is 5.32 Å². The zero-order chi connectivity index (χ0) is 24.7. The number of hydrogen-bond donors (Lipinski definition) is 1. The van der Waals surface area contributed by atoms with Crippen molar-refractivity contribution < 1.29 is 17.9 Å². The van der Waals surface area contributed by atoms with Crippen molar-refractivity contribution in [1.29, 1.82) is 0 Å². The Morgan fingerprint density at radius 3 is 2.29 bits per heavy atom. The quantitative estimate of drug-likeness (QED) is 0.539. The van der Waals surface area contributed by atoms with Crippen LogP contribution in [0.25, 0.3) is 0 Å². The molecule has 1 heterocycles. The third kappa shape index (κ3) is 7.13. The normalized spacial score (nSPS) is 15.6. The van der Waals surface area contributed by atoms with Crippen LogP contribution in [-0.4, -0.2) is 47.3 Å². The Morgan fingerprint density at radius 1 is 1.12 bits per heavy atom. The van der Waals surface area contributed by atoms with Gasteiger partial charge in [-0.2, -0.15) is 0 Å². The summed E-state index contributed by atoms with van der Waals surface area (Å²) in [4.78, 5) is 14.9. The number of carbonyl (C=O) groups excluding carboxylic acids is 1. The molecule has 2 aromatic carbocycles. The number of ether oxygens (including phenoxy) is 1. The number of nitrogens with zero attached hydrogens (tertiary/aromatic N) is 2. The van der Waals surface area contributed by atoms with E-state index in [1.54, 1.807) is 31.4 Å². The summed E-state index contributed by atoms with van der Waals surface area (Å²) in [6, 6.07) is 15.2. The molecule has 0 spiro atoms. The Hall–Kier alpha value is -2.74. The molecule has 1 fully saturated rings. The first-order chi connectivity index (χ1) is 16.2. The molecular weight excluding hydrogens is 450 g/mol. The number of carbonyl (C=O) groups is 1. The fraction of sp³-hybridized carbons (Fsp3) is 0.500. The average molecular weight is 488 g/mol. The van der Waals surface area contributed by atoms with Crippen LogP contribution in [0.5, 0.6) is 5.75 Å². The lowest BCUT2D eigenvalue weighted by atomic mass is 9.98. The monoisotopic (exact) mass is 487 g/mol. The van der Waals surface area contributed by atoms with Crippen LogP contribution in [0.2, 0.25) is 0 Å². The van der Waals surface area contributed by atoms with Crippen LogP contribution in [0.1, 0.15) is 51.1 Å². The molecule has 1 saturated heterocycles. The molecule has 34 heavy (non-hydrogen) atoms. The highest BCUT2D eigenvalue weighted by Gasteiger charge is 2.19. The van der Waals surface area contributed by atoms with Gasteiger partial charge in [-0.25, -0.2) is 8.42 Å². The minimum Gasteiger partial charge on any atom is -0.497 e. The van der Waals surface area contributed by atoms with Crippen LogP contribution < -0.4 is 19.3 Å². The van der Waals surface area contributed by atoms with Crippen LogP contribution in [-0.2, 0) is 14.8 Å². The average Bonchev–Trinajstić information content (AvgIpc) is 2.82. The van der Waals surface area contributed by atoms with Crippen LogP contribution in [0.15, 0.2) is 48.5 Å². The minimum atomic E-state index is -3.46. The van der Waals surface area contributed by atoms with Gasteiger partial charge in [-0.15, -0.1) is 0 Å². The maximum absolute atomic E-state index is 12.5. The lowest BCUT2D eigenvalue weighted by molar-refractivity contribution is -0.121. The molecule has 2 aromatic rings. The van der Waals surface area contributed by atoms with Crippen LogP contribution in [0.4, 0.5) is 11.4 Å². The van der Waals surface area contributed by atoms with Crippen LogP contribution >= 0.6 is 0 Å². The van der Waals surface area contributed by atoms with E-state index < -0.39 is 10.0 Å². The first kappa shape index (κ1) is 25.9. The third-order valence-electron chi connectivity index (χ3n) is 6.45. The Morgan fingerprint density at radius 2 is 1.74 bits per heavy atom. The SMILES string of the molecule is COc1ccc(N(CCCC(=O)NC(C)c2ccc(N3CCC(C)CC3)cc2)S(C)(=O)=O)cc1. The summed E-state index contributed by atoms with van der Waals surface area (Å²) in [6.07, 6.45) is 4.29. The molecule has 0 bridgehead atoms. The number of piperidine rings is 1. The fourth-order valence-corrected chi connectivity index (χ4v) is 5.22. The van der Waals surface area contributed by atoms with Gasteiger partial charge in [0.2, 0.25) is 15.9 Å². The lowest BCUT2D eigenvalue weighted by Gasteiger charge is -2.32. The Kier molecular flexibility index (Phi) is 8.83. The molecule has 186 valence electrons. The molecule has 1 aliphatic rings. The van der Waals surface area contributed by atoms with E-state index in [4.69, 9.17) is 4.74 Å². The molecule has 1 unspecified atom stereocenters. The molecule has 1 amide bonds. The van der Waals surface area contributed by atoms with E-state index in [9.17, 15) is 13.2 Å². The van der Waals surface area contributed by atoms with Crippen molar-refractivity contribution in [3.63, 3.8) is 0 Å². The van der Waals surface area contributed by atoms with Gasteiger partial charge < -0.3 is 15.0 Å².